The lowest BCUT2D eigenvalue weighted by molar-refractivity contribution is -0.161. The zero-order valence-corrected chi connectivity index (χ0v) is 33.3. The topological polar surface area (TPSA) is 134 Å². The Kier molecular flexibility index (Phi) is 36.6. The van der Waals surface area contributed by atoms with Gasteiger partial charge < -0.3 is 20.1 Å². The molecule has 0 saturated carbocycles. The molecule has 0 fully saturated rings. The van der Waals surface area contributed by atoms with Crippen LogP contribution in [0.2, 0.25) is 0 Å². The van der Waals surface area contributed by atoms with Crippen molar-refractivity contribution in [3.63, 3.8) is 0 Å². The van der Waals surface area contributed by atoms with E-state index < -0.39 is 26.5 Å². The van der Waals surface area contributed by atoms with E-state index >= 15 is 0 Å². The van der Waals surface area contributed by atoms with E-state index in [2.05, 4.69) is 26.0 Å². The number of esters is 2. The fraction of sp³-hybridized carbons (Fsp3) is 0.900. The number of unbranched alkanes of at least 4 members (excludes halogenated alkanes) is 24. The monoisotopic (exact) mass is 732 g/mol. The van der Waals surface area contributed by atoms with Gasteiger partial charge in [0.15, 0.2) is 6.10 Å². The molecule has 0 aliphatic rings. The van der Waals surface area contributed by atoms with Gasteiger partial charge in [0, 0.05) is 19.4 Å². The highest BCUT2D eigenvalue weighted by Crippen LogP contribution is 2.43. The van der Waals surface area contributed by atoms with Gasteiger partial charge in [-0.15, -0.1) is 0 Å². The van der Waals surface area contributed by atoms with E-state index in [-0.39, 0.29) is 38.6 Å². The van der Waals surface area contributed by atoms with E-state index in [0.29, 0.717) is 6.42 Å². The van der Waals surface area contributed by atoms with Crippen LogP contribution in [0.25, 0.3) is 0 Å². The smallest absolute Gasteiger partial charge is 0.462 e. The van der Waals surface area contributed by atoms with Crippen molar-refractivity contribution in [2.75, 3.05) is 26.4 Å². The van der Waals surface area contributed by atoms with Crippen LogP contribution >= 0.6 is 7.82 Å². The maximum absolute atomic E-state index is 12.5. The number of phosphoric ester groups is 1. The summed E-state index contributed by atoms with van der Waals surface area (Å²) in [5.41, 5.74) is 5.34. The van der Waals surface area contributed by atoms with Gasteiger partial charge in [-0.25, -0.2) is 4.57 Å². The number of allylic oxidation sites excluding steroid dienone is 2. The fourth-order valence-corrected chi connectivity index (χ4v) is 6.57. The maximum Gasteiger partial charge on any atom is 0.472 e. The van der Waals surface area contributed by atoms with Crippen LogP contribution in [0.1, 0.15) is 200 Å². The van der Waals surface area contributed by atoms with Crippen molar-refractivity contribution in [2.45, 2.75) is 206 Å². The second-order valence-corrected chi connectivity index (χ2v) is 15.3. The lowest BCUT2D eigenvalue weighted by Crippen LogP contribution is -2.29. The minimum Gasteiger partial charge on any atom is -0.462 e. The van der Waals surface area contributed by atoms with Crippen LogP contribution in [0.4, 0.5) is 0 Å². The van der Waals surface area contributed by atoms with E-state index in [1.54, 1.807) is 0 Å². The molecule has 2 unspecified atom stereocenters. The van der Waals surface area contributed by atoms with Gasteiger partial charge in [-0.05, 0) is 38.5 Å². The first-order valence-electron chi connectivity index (χ1n) is 20.7. The van der Waals surface area contributed by atoms with Crippen molar-refractivity contribution in [3.05, 3.63) is 12.2 Å². The first-order valence-corrected chi connectivity index (χ1v) is 22.2. The summed E-state index contributed by atoms with van der Waals surface area (Å²) in [5.74, 6) is -0.827. The molecule has 0 radical (unpaired) electrons. The molecule has 296 valence electrons. The van der Waals surface area contributed by atoms with Gasteiger partial charge in [0.2, 0.25) is 0 Å². The van der Waals surface area contributed by atoms with Crippen molar-refractivity contribution in [1.82, 2.24) is 0 Å². The largest absolute Gasteiger partial charge is 0.472 e. The zero-order chi connectivity index (χ0) is 36.8. The van der Waals surface area contributed by atoms with E-state index in [0.717, 1.165) is 44.9 Å². The number of phosphoric acid groups is 1. The van der Waals surface area contributed by atoms with Crippen molar-refractivity contribution < 1.29 is 37.6 Å². The maximum atomic E-state index is 12.5. The van der Waals surface area contributed by atoms with Gasteiger partial charge in [0.05, 0.1) is 13.2 Å². The highest BCUT2D eigenvalue weighted by atomic mass is 31.2. The van der Waals surface area contributed by atoms with Crippen LogP contribution in [0.5, 0.6) is 0 Å². The van der Waals surface area contributed by atoms with Gasteiger partial charge in [-0.1, -0.05) is 161 Å². The summed E-state index contributed by atoms with van der Waals surface area (Å²) in [7, 11) is -4.37. The number of rotatable bonds is 39. The van der Waals surface area contributed by atoms with Crippen LogP contribution in [-0.2, 0) is 32.7 Å². The summed E-state index contributed by atoms with van der Waals surface area (Å²) >= 11 is 0. The molecular formula is C40H78NO8P. The summed E-state index contributed by atoms with van der Waals surface area (Å²) in [6, 6.07) is 0. The minimum absolute atomic E-state index is 0.0553. The molecule has 50 heavy (non-hydrogen) atoms. The lowest BCUT2D eigenvalue weighted by atomic mass is 10.1. The molecule has 0 bridgehead atoms. The average molecular weight is 732 g/mol. The van der Waals surface area contributed by atoms with Gasteiger partial charge in [0.25, 0.3) is 0 Å². The van der Waals surface area contributed by atoms with Crippen molar-refractivity contribution >= 4 is 19.8 Å². The Balaban J connectivity index is 4.14. The molecule has 0 aromatic heterocycles. The number of carbonyl (C=O) groups excluding carboxylic acids is 2. The Hall–Kier alpha value is -1.25. The number of ether oxygens (including phenoxy) is 2. The van der Waals surface area contributed by atoms with Gasteiger partial charge in [0.1, 0.15) is 6.61 Å². The van der Waals surface area contributed by atoms with E-state index in [1.807, 2.05) is 0 Å². The van der Waals surface area contributed by atoms with Crippen LogP contribution in [-0.4, -0.2) is 49.3 Å². The third kappa shape index (κ3) is 36.5. The standard InChI is InChI=1S/C40H78NO8P/c1-3-5-7-9-11-13-15-16-17-18-19-20-21-23-25-27-29-31-33-40(43)49-38(37-48-50(44,45)47-35-34-41)36-46-39(42)32-30-28-26-24-22-14-12-10-8-6-4-2/h17-18,38H,3-16,19-37,41H2,1-2H3,(H,44,45)/b18-17-. The van der Waals surface area contributed by atoms with Gasteiger partial charge in [-0.2, -0.15) is 0 Å². The Labute approximate surface area is 307 Å². The molecule has 9 nitrogen and oxygen atoms in total. The zero-order valence-electron chi connectivity index (χ0n) is 32.4. The SMILES string of the molecule is CCCCCCCCC/C=C\CCCCCCCCCC(=O)OC(COC(=O)CCCCCCCCCCCCC)COP(=O)(O)OCCN. The second kappa shape index (κ2) is 37.5. The molecule has 0 aromatic carbocycles. The highest BCUT2D eigenvalue weighted by molar-refractivity contribution is 7.47. The first-order chi connectivity index (χ1) is 24.3. The van der Waals surface area contributed by atoms with Crippen molar-refractivity contribution in [1.29, 1.82) is 0 Å². The summed E-state index contributed by atoms with van der Waals surface area (Å²) < 4.78 is 32.7. The van der Waals surface area contributed by atoms with Crippen LogP contribution < -0.4 is 5.73 Å². The summed E-state index contributed by atoms with van der Waals surface area (Å²) in [4.78, 5) is 34.7. The number of hydrogen-bond acceptors (Lipinski definition) is 8. The molecule has 0 heterocycles. The second-order valence-electron chi connectivity index (χ2n) is 13.9. The first kappa shape index (κ1) is 48.8. The fourth-order valence-electron chi connectivity index (χ4n) is 5.81. The van der Waals surface area contributed by atoms with E-state index in [1.165, 1.54) is 122 Å². The average Bonchev–Trinajstić information content (AvgIpc) is 3.10. The van der Waals surface area contributed by atoms with Gasteiger partial charge >= 0.3 is 19.8 Å². The molecule has 0 amide bonds. The number of nitrogens with two attached hydrogens (primary N) is 1. The Bertz CT molecular complexity index is 840. The van der Waals surface area contributed by atoms with Crippen LogP contribution in [0, 0.1) is 0 Å². The Morgan fingerprint density at radius 2 is 0.980 bits per heavy atom. The quantitative estimate of drug-likeness (QED) is 0.0274. The van der Waals surface area contributed by atoms with Crippen molar-refractivity contribution in [2.24, 2.45) is 5.73 Å². The van der Waals surface area contributed by atoms with Crippen molar-refractivity contribution in [3.8, 4) is 0 Å². The predicted molar refractivity (Wildman–Crippen MR) is 206 cm³/mol. The van der Waals surface area contributed by atoms with E-state index in [4.69, 9.17) is 24.3 Å². The highest BCUT2D eigenvalue weighted by Gasteiger charge is 2.26. The Morgan fingerprint density at radius 1 is 0.580 bits per heavy atom. The lowest BCUT2D eigenvalue weighted by Gasteiger charge is -2.19. The van der Waals surface area contributed by atoms with Crippen LogP contribution in [0.15, 0.2) is 12.2 Å². The molecule has 0 aliphatic heterocycles. The molecule has 0 aromatic rings. The van der Waals surface area contributed by atoms with E-state index in [9.17, 15) is 19.0 Å². The number of hydrogen-bond donors (Lipinski definition) is 2. The molecule has 0 spiro atoms. The summed E-state index contributed by atoms with van der Waals surface area (Å²) in [6.07, 6.45) is 36.7. The molecule has 0 rings (SSSR count). The molecule has 3 N–H and O–H groups in total. The molecule has 10 heteroatoms. The molecule has 0 aliphatic carbocycles. The Morgan fingerprint density at radius 3 is 1.42 bits per heavy atom. The predicted octanol–water partition coefficient (Wildman–Crippen LogP) is 11.4. The third-order valence-electron chi connectivity index (χ3n) is 8.90. The normalized spacial score (nSPS) is 13.4. The molecule has 0 saturated heterocycles. The summed E-state index contributed by atoms with van der Waals surface area (Å²) in [6.45, 7) is 3.73. The number of carbonyl (C=O) groups is 2. The molecular weight excluding hydrogens is 653 g/mol. The molecule has 2 atom stereocenters. The third-order valence-corrected chi connectivity index (χ3v) is 9.89. The summed E-state index contributed by atoms with van der Waals surface area (Å²) in [5, 5.41) is 0. The van der Waals surface area contributed by atoms with Crippen LogP contribution in [0.3, 0.4) is 0 Å². The minimum atomic E-state index is -4.37. The van der Waals surface area contributed by atoms with Gasteiger partial charge in [-0.3, -0.25) is 18.6 Å².